The number of hydrogen-bond donors (Lipinski definition) is 1. The van der Waals surface area contributed by atoms with Crippen LogP contribution in [0.3, 0.4) is 0 Å². The molecule has 142 valence electrons. The molecule has 1 aliphatic heterocycles. The molecule has 1 aromatic carbocycles. The molecule has 1 fully saturated rings. The molecule has 0 saturated carbocycles. The standard InChI is InChI=1S/C19H24N6O2/c1-14-20-17(19(27)25-10-8-24(13-26)9-11-25)12-18(21-14)22-15-4-6-16(7-5-15)23(2)3/h4-7,12-13H,8-11H2,1-3H3,(H,20,21,22). The first-order valence-electron chi connectivity index (χ1n) is 8.85. The van der Waals surface area contributed by atoms with E-state index in [2.05, 4.69) is 15.3 Å². The number of anilines is 3. The third-order valence-electron chi connectivity index (χ3n) is 4.46. The van der Waals surface area contributed by atoms with Gasteiger partial charge in [-0.25, -0.2) is 9.97 Å². The van der Waals surface area contributed by atoms with Gasteiger partial charge >= 0.3 is 0 Å². The Morgan fingerprint density at radius 3 is 2.37 bits per heavy atom. The monoisotopic (exact) mass is 368 g/mol. The van der Waals surface area contributed by atoms with Gasteiger partial charge in [0.05, 0.1) is 0 Å². The van der Waals surface area contributed by atoms with Crippen molar-refractivity contribution < 1.29 is 9.59 Å². The molecule has 0 atom stereocenters. The van der Waals surface area contributed by atoms with Crippen LogP contribution >= 0.6 is 0 Å². The minimum absolute atomic E-state index is 0.142. The van der Waals surface area contributed by atoms with Crippen LogP contribution in [0.1, 0.15) is 16.3 Å². The summed E-state index contributed by atoms with van der Waals surface area (Å²) >= 11 is 0. The Morgan fingerprint density at radius 1 is 1.11 bits per heavy atom. The Hall–Kier alpha value is -3.16. The largest absolute Gasteiger partial charge is 0.378 e. The fourth-order valence-corrected chi connectivity index (χ4v) is 2.92. The van der Waals surface area contributed by atoms with Gasteiger partial charge in [0.1, 0.15) is 17.3 Å². The molecule has 0 bridgehead atoms. The number of hydrogen-bond acceptors (Lipinski definition) is 6. The molecule has 3 rings (SSSR count). The maximum Gasteiger partial charge on any atom is 0.272 e. The smallest absolute Gasteiger partial charge is 0.272 e. The van der Waals surface area contributed by atoms with Crippen LogP contribution in [0.5, 0.6) is 0 Å². The first kappa shape index (κ1) is 18.6. The highest BCUT2D eigenvalue weighted by Crippen LogP contribution is 2.20. The third kappa shape index (κ3) is 4.52. The van der Waals surface area contributed by atoms with Gasteiger partial charge in [-0.1, -0.05) is 0 Å². The van der Waals surface area contributed by atoms with E-state index in [-0.39, 0.29) is 5.91 Å². The van der Waals surface area contributed by atoms with Crippen molar-refractivity contribution in [3.8, 4) is 0 Å². The lowest BCUT2D eigenvalue weighted by Crippen LogP contribution is -2.48. The van der Waals surface area contributed by atoms with Gasteiger partial charge in [-0.3, -0.25) is 9.59 Å². The topological polar surface area (TPSA) is 81.7 Å². The van der Waals surface area contributed by atoms with E-state index in [0.717, 1.165) is 17.8 Å². The SMILES string of the molecule is Cc1nc(Nc2ccc(N(C)C)cc2)cc(C(=O)N2CCN(C=O)CC2)n1. The minimum Gasteiger partial charge on any atom is -0.378 e. The van der Waals surface area contributed by atoms with Crippen molar-refractivity contribution in [3.05, 3.63) is 41.9 Å². The second-order valence-corrected chi connectivity index (χ2v) is 6.69. The van der Waals surface area contributed by atoms with E-state index in [4.69, 9.17) is 0 Å². The molecule has 0 spiro atoms. The van der Waals surface area contributed by atoms with Crippen LogP contribution in [0.2, 0.25) is 0 Å². The van der Waals surface area contributed by atoms with Crippen molar-refractivity contribution in [3.63, 3.8) is 0 Å². The number of amides is 2. The van der Waals surface area contributed by atoms with Crippen LogP contribution in [0, 0.1) is 6.92 Å². The number of benzene rings is 1. The highest BCUT2D eigenvalue weighted by atomic mass is 16.2. The summed E-state index contributed by atoms with van der Waals surface area (Å²) in [5.74, 6) is 0.965. The fourth-order valence-electron chi connectivity index (χ4n) is 2.92. The van der Waals surface area contributed by atoms with E-state index in [1.807, 2.05) is 43.3 Å². The summed E-state index contributed by atoms with van der Waals surface area (Å²) in [7, 11) is 3.98. The van der Waals surface area contributed by atoms with Crippen LogP contribution in [-0.4, -0.2) is 72.4 Å². The molecule has 0 unspecified atom stereocenters. The molecule has 8 nitrogen and oxygen atoms in total. The van der Waals surface area contributed by atoms with Gasteiger partial charge in [-0.2, -0.15) is 0 Å². The number of aryl methyl sites for hydroxylation is 1. The molecule has 1 aromatic heterocycles. The molecule has 2 amide bonds. The molecule has 0 aliphatic carbocycles. The molecule has 1 saturated heterocycles. The maximum absolute atomic E-state index is 12.8. The quantitative estimate of drug-likeness (QED) is 0.806. The van der Waals surface area contributed by atoms with Crippen molar-refractivity contribution >= 4 is 29.5 Å². The van der Waals surface area contributed by atoms with Gasteiger partial charge in [-0.05, 0) is 31.2 Å². The second-order valence-electron chi connectivity index (χ2n) is 6.69. The van der Waals surface area contributed by atoms with Crippen molar-refractivity contribution in [2.24, 2.45) is 0 Å². The predicted octanol–water partition coefficient (Wildman–Crippen LogP) is 1.51. The lowest BCUT2D eigenvalue weighted by Gasteiger charge is -2.32. The Balaban J connectivity index is 1.74. The first-order valence-corrected chi connectivity index (χ1v) is 8.85. The van der Waals surface area contributed by atoms with Crippen molar-refractivity contribution in [1.29, 1.82) is 0 Å². The number of carbonyl (C=O) groups excluding carboxylic acids is 2. The molecule has 0 radical (unpaired) electrons. The van der Waals surface area contributed by atoms with Crippen LogP contribution < -0.4 is 10.2 Å². The van der Waals surface area contributed by atoms with E-state index < -0.39 is 0 Å². The highest BCUT2D eigenvalue weighted by molar-refractivity contribution is 5.93. The second kappa shape index (κ2) is 8.03. The molecule has 2 aromatic rings. The van der Waals surface area contributed by atoms with E-state index >= 15 is 0 Å². The van der Waals surface area contributed by atoms with E-state index in [1.54, 1.807) is 22.8 Å². The number of rotatable bonds is 5. The highest BCUT2D eigenvalue weighted by Gasteiger charge is 2.23. The Bertz CT molecular complexity index is 813. The summed E-state index contributed by atoms with van der Waals surface area (Å²) in [5.41, 5.74) is 2.34. The molecule has 8 heteroatoms. The normalized spacial score (nSPS) is 14.0. The Morgan fingerprint density at radius 2 is 1.78 bits per heavy atom. The van der Waals surface area contributed by atoms with Crippen molar-refractivity contribution in [1.82, 2.24) is 19.8 Å². The molecular formula is C19H24N6O2. The van der Waals surface area contributed by atoms with Gasteiger partial charge in [0, 0.05) is 57.7 Å². The van der Waals surface area contributed by atoms with E-state index in [1.165, 1.54) is 0 Å². The van der Waals surface area contributed by atoms with Crippen LogP contribution in [0.15, 0.2) is 30.3 Å². The van der Waals surface area contributed by atoms with E-state index in [9.17, 15) is 9.59 Å². The molecule has 27 heavy (non-hydrogen) atoms. The minimum atomic E-state index is -0.142. The van der Waals surface area contributed by atoms with Crippen molar-refractivity contribution in [2.75, 3.05) is 50.5 Å². The van der Waals surface area contributed by atoms with Gasteiger partial charge in [0.2, 0.25) is 6.41 Å². The molecular weight excluding hydrogens is 344 g/mol. The maximum atomic E-state index is 12.8. The van der Waals surface area contributed by atoms with Gasteiger partial charge in [0.15, 0.2) is 0 Å². The molecule has 1 N–H and O–H groups in total. The summed E-state index contributed by atoms with van der Waals surface area (Å²) in [6, 6.07) is 9.62. The number of piperazine rings is 1. The summed E-state index contributed by atoms with van der Waals surface area (Å²) in [6.45, 7) is 3.87. The number of carbonyl (C=O) groups is 2. The van der Waals surface area contributed by atoms with Crippen molar-refractivity contribution in [2.45, 2.75) is 6.92 Å². The third-order valence-corrected chi connectivity index (χ3v) is 4.46. The van der Waals surface area contributed by atoms with Crippen LogP contribution in [0.4, 0.5) is 17.2 Å². The number of nitrogens with zero attached hydrogens (tertiary/aromatic N) is 5. The average molecular weight is 368 g/mol. The molecule has 1 aliphatic rings. The zero-order valence-electron chi connectivity index (χ0n) is 15.8. The zero-order valence-corrected chi connectivity index (χ0v) is 15.8. The van der Waals surface area contributed by atoms with Crippen LogP contribution in [-0.2, 0) is 4.79 Å². The summed E-state index contributed by atoms with van der Waals surface area (Å²) in [5, 5.41) is 3.23. The number of nitrogens with one attached hydrogen (secondary N) is 1. The van der Waals surface area contributed by atoms with Gasteiger partial charge < -0.3 is 20.0 Å². The summed E-state index contributed by atoms with van der Waals surface area (Å²) in [4.78, 5) is 37.7. The zero-order chi connectivity index (χ0) is 19.4. The summed E-state index contributed by atoms with van der Waals surface area (Å²) in [6.07, 6.45) is 0.820. The van der Waals surface area contributed by atoms with Gasteiger partial charge in [-0.15, -0.1) is 0 Å². The van der Waals surface area contributed by atoms with E-state index in [0.29, 0.717) is 43.5 Å². The lowest BCUT2D eigenvalue weighted by molar-refractivity contribution is -0.119. The molecule has 2 heterocycles. The van der Waals surface area contributed by atoms with Gasteiger partial charge in [0.25, 0.3) is 5.91 Å². The average Bonchev–Trinajstić information content (AvgIpc) is 2.67. The number of aromatic nitrogens is 2. The summed E-state index contributed by atoms with van der Waals surface area (Å²) < 4.78 is 0. The lowest BCUT2D eigenvalue weighted by atomic mass is 10.2. The van der Waals surface area contributed by atoms with Crippen LogP contribution in [0.25, 0.3) is 0 Å². The fraction of sp³-hybridized carbons (Fsp3) is 0.368. The Labute approximate surface area is 158 Å². The predicted molar refractivity (Wildman–Crippen MR) is 104 cm³/mol. The first-order chi connectivity index (χ1) is 13.0. The Kier molecular flexibility index (Phi) is 5.54.